The summed E-state index contributed by atoms with van der Waals surface area (Å²) in [5.41, 5.74) is 1.36. The molecule has 0 aliphatic heterocycles. The van der Waals surface area contributed by atoms with Gasteiger partial charge in [0.2, 0.25) is 5.91 Å². The molecule has 0 aliphatic rings. The van der Waals surface area contributed by atoms with Crippen molar-refractivity contribution in [2.24, 2.45) is 0 Å². The standard InChI is InChI=1S/C20H23ClN2O5/c1-12-18(20(26)27-4)15(22-19(12)13(2)24)11-17(25)23(3)9-10-28-16-8-6-5-7-14(16)21/h5-8,22H,9-11H2,1-4H3. The van der Waals surface area contributed by atoms with Crippen molar-refractivity contribution >= 4 is 29.3 Å². The van der Waals surface area contributed by atoms with Gasteiger partial charge in [0.25, 0.3) is 0 Å². The number of ether oxygens (including phenoxy) is 2. The number of amides is 1. The highest BCUT2D eigenvalue weighted by Gasteiger charge is 2.25. The maximum atomic E-state index is 12.6. The van der Waals surface area contributed by atoms with E-state index in [0.29, 0.717) is 34.3 Å². The first-order chi connectivity index (χ1) is 13.3. The van der Waals surface area contributed by atoms with Gasteiger partial charge in [-0.3, -0.25) is 9.59 Å². The lowest BCUT2D eigenvalue weighted by Crippen LogP contribution is -2.32. The van der Waals surface area contributed by atoms with Crippen LogP contribution < -0.4 is 4.74 Å². The van der Waals surface area contributed by atoms with Crippen LogP contribution >= 0.6 is 11.6 Å². The summed E-state index contributed by atoms with van der Waals surface area (Å²) in [7, 11) is 2.89. The van der Waals surface area contributed by atoms with Crippen LogP contribution in [0.25, 0.3) is 0 Å². The molecule has 0 saturated heterocycles. The third-order valence-electron chi connectivity index (χ3n) is 4.34. The number of H-pyrrole nitrogens is 1. The first-order valence-electron chi connectivity index (χ1n) is 8.68. The Morgan fingerprint density at radius 3 is 2.50 bits per heavy atom. The highest BCUT2D eigenvalue weighted by molar-refractivity contribution is 6.32. The van der Waals surface area contributed by atoms with Crippen molar-refractivity contribution in [2.45, 2.75) is 20.3 Å². The van der Waals surface area contributed by atoms with E-state index in [-0.39, 0.29) is 30.3 Å². The number of likely N-dealkylation sites (N-methyl/N-ethyl adjacent to an activating group) is 1. The number of ketones is 1. The molecular weight excluding hydrogens is 384 g/mol. The van der Waals surface area contributed by atoms with E-state index in [2.05, 4.69) is 4.98 Å². The Bertz CT molecular complexity index is 891. The number of carbonyl (C=O) groups is 3. The minimum Gasteiger partial charge on any atom is -0.490 e. The Morgan fingerprint density at radius 2 is 1.89 bits per heavy atom. The molecule has 2 rings (SSSR count). The number of para-hydroxylation sites is 1. The Hall–Kier alpha value is -2.80. The second-order valence-electron chi connectivity index (χ2n) is 6.30. The first-order valence-corrected chi connectivity index (χ1v) is 9.06. The molecule has 0 fully saturated rings. The molecule has 2 aromatic rings. The summed E-state index contributed by atoms with van der Waals surface area (Å²) >= 11 is 6.03. The monoisotopic (exact) mass is 406 g/mol. The fourth-order valence-electron chi connectivity index (χ4n) is 2.79. The van der Waals surface area contributed by atoms with E-state index >= 15 is 0 Å². The highest BCUT2D eigenvalue weighted by atomic mass is 35.5. The van der Waals surface area contributed by atoms with E-state index in [1.54, 1.807) is 32.2 Å². The fraction of sp³-hybridized carbons (Fsp3) is 0.350. The van der Waals surface area contributed by atoms with E-state index in [1.807, 2.05) is 6.07 Å². The van der Waals surface area contributed by atoms with E-state index in [0.717, 1.165) is 0 Å². The van der Waals surface area contributed by atoms with Gasteiger partial charge in [-0.25, -0.2) is 4.79 Å². The van der Waals surface area contributed by atoms with Crippen molar-refractivity contribution < 1.29 is 23.9 Å². The zero-order chi connectivity index (χ0) is 20.8. The molecule has 0 atom stereocenters. The van der Waals surface area contributed by atoms with Crippen LogP contribution in [0.15, 0.2) is 24.3 Å². The zero-order valence-electron chi connectivity index (χ0n) is 16.3. The summed E-state index contributed by atoms with van der Waals surface area (Å²) in [5, 5.41) is 0.498. The van der Waals surface area contributed by atoms with Crippen molar-refractivity contribution in [3.8, 4) is 5.75 Å². The van der Waals surface area contributed by atoms with E-state index in [1.165, 1.54) is 18.9 Å². The average Bonchev–Trinajstić information content (AvgIpc) is 2.98. The summed E-state index contributed by atoms with van der Waals surface area (Å²) in [4.78, 5) is 40.8. The van der Waals surface area contributed by atoms with Gasteiger partial charge in [0.15, 0.2) is 5.78 Å². The van der Waals surface area contributed by atoms with Crippen molar-refractivity contribution in [3.05, 3.63) is 51.8 Å². The Kier molecular flexibility index (Phi) is 7.23. The SMILES string of the molecule is COC(=O)c1c(CC(=O)N(C)CCOc2ccccc2Cl)[nH]c(C(C)=O)c1C. The van der Waals surface area contributed by atoms with Crippen LogP contribution in [-0.2, 0) is 16.0 Å². The van der Waals surface area contributed by atoms with Crippen molar-refractivity contribution in [2.75, 3.05) is 27.3 Å². The van der Waals surface area contributed by atoms with Gasteiger partial charge in [-0.1, -0.05) is 23.7 Å². The normalized spacial score (nSPS) is 10.5. The maximum Gasteiger partial charge on any atom is 0.339 e. The molecule has 7 nitrogen and oxygen atoms in total. The van der Waals surface area contributed by atoms with Crippen LogP contribution in [0.1, 0.15) is 39.0 Å². The molecule has 1 aromatic heterocycles. The number of methoxy groups -OCH3 is 1. The Labute approximate surface area is 168 Å². The number of nitrogens with one attached hydrogen (secondary N) is 1. The van der Waals surface area contributed by atoms with Crippen LogP contribution in [-0.4, -0.2) is 54.9 Å². The van der Waals surface area contributed by atoms with Crippen LogP contribution in [0.5, 0.6) is 5.75 Å². The first kappa shape index (κ1) is 21.5. The lowest BCUT2D eigenvalue weighted by Gasteiger charge is -2.18. The van der Waals surface area contributed by atoms with Crippen molar-refractivity contribution in [1.82, 2.24) is 9.88 Å². The third kappa shape index (κ3) is 4.92. The number of hydrogen-bond acceptors (Lipinski definition) is 5. The molecule has 1 amide bonds. The van der Waals surface area contributed by atoms with Crippen LogP contribution in [0.2, 0.25) is 5.02 Å². The minimum atomic E-state index is -0.589. The number of rotatable bonds is 8. The molecular formula is C20H23ClN2O5. The fourth-order valence-corrected chi connectivity index (χ4v) is 2.98. The zero-order valence-corrected chi connectivity index (χ0v) is 17.1. The molecule has 0 bridgehead atoms. The number of nitrogens with zero attached hydrogens (tertiary/aromatic N) is 1. The number of benzene rings is 1. The number of Topliss-reactive ketones (excluding diaryl/α,β-unsaturated/α-hetero) is 1. The molecule has 8 heteroatoms. The van der Waals surface area contributed by atoms with Gasteiger partial charge < -0.3 is 19.4 Å². The largest absolute Gasteiger partial charge is 0.490 e. The number of halogens is 1. The highest BCUT2D eigenvalue weighted by Crippen LogP contribution is 2.23. The van der Waals surface area contributed by atoms with Gasteiger partial charge in [-0.2, -0.15) is 0 Å². The van der Waals surface area contributed by atoms with E-state index < -0.39 is 5.97 Å². The van der Waals surface area contributed by atoms with Gasteiger partial charge in [0.05, 0.1) is 36.4 Å². The number of hydrogen-bond donors (Lipinski definition) is 1. The lowest BCUT2D eigenvalue weighted by molar-refractivity contribution is -0.129. The van der Waals surface area contributed by atoms with Crippen LogP contribution in [0.4, 0.5) is 0 Å². The van der Waals surface area contributed by atoms with Crippen LogP contribution in [0, 0.1) is 6.92 Å². The number of carbonyl (C=O) groups excluding carboxylic acids is 3. The molecule has 1 aromatic carbocycles. The average molecular weight is 407 g/mol. The molecule has 0 radical (unpaired) electrons. The Balaban J connectivity index is 2.05. The second-order valence-corrected chi connectivity index (χ2v) is 6.70. The lowest BCUT2D eigenvalue weighted by atomic mass is 10.1. The van der Waals surface area contributed by atoms with Gasteiger partial charge in [0.1, 0.15) is 12.4 Å². The molecule has 0 saturated carbocycles. The molecule has 0 unspecified atom stereocenters. The topological polar surface area (TPSA) is 88.7 Å². The minimum absolute atomic E-state index is 0.0683. The number of aromatic nitrogens is 1. The maximum absolute atomic E-state index is 12.6. The predicted octanol–water partition coefficient (Wildman–Crippen LogP) is 3.05. The van der Waals surface area contributed by atoms with Crippen molar-refractivity contribution in [3.63, 3.8) is 0 Å². The summed E-state index contributed by atoms with van der Waals surface area (Å²) in [5.74, 6) is -0.495. The Morgan fingerprint density at radius 1 is 1.21 bits per heavy atom. The smallest absolute Gasteiger partial charge is 0.339 e. The van der Waals surface area contributed by atoms with Crippen molar-refractivity contribution in [1.29, 1.82) is 0 Å². The summed E-state index contributed by atoms with van der Waals surface area (Å²) in [6, 6.07) is 7.08. The van der Waals surface area contributed by atoms with Gasteiger partial charge >= 0.3 is 5.97 Å². The molecule has 28 heavy (non-hydrogen) atoms. The van der Waals surface area contributed by atoms with Gasteiger partial charge in [-0.05, 0) is 24.6 Å². The summed E-state index contributed by atoms with van der Waals surface area (Å²) < 4.78 is 10.4. The second kappa shape index (κ2) is 9.41. The number of aromatic amines is 1. The van der Waals surface area contributed by atoms with E-state index in [9.17, 15) is 14.4 Å². The number of esters is 1. The molecule has 0 spiro atoms. The summed E-state index contributed by atoms with van der Waals surface area (Å²) in [6.07, 6.45) is -0.0683. The van der Waals surface area contributed by atoms with E-state index in [4.69, 9.17) is 21.1 Å². The third-order valence-corrected chi connectivity index (χ3v) is 4.66. The molecule has 1 N–H and O–H groups in total. The summed E-state index contributed by atoms with van der Waals surface area (Å²) in [6.45, 7) is 3.63. The quantitative estimate of drug-likeness (QED) is 0.537. The molecule has 1 heterocycles. The van der Waals surface area contributed by atoms with Crippen LogP contribution in [0.3, 0.4) is 0 Å². The van der Waals surface area contributed by atoms with Gasteiger partial charge in [-0.15, -0.1) is 0 Å². The molecule has 0 aliphatic carbocycles. The molecule has 150 valence electrons. The van der Waals surface area contributed by atoms with Gasteiger partial charge in [0, 0.05) is 19.7 Å². The predicted molar refractivity (Wildman–Crippen MR) is 105 cm³/mol.